The first kappa shape index (κ1) is 20.9. The highest BCUT2D eigenvalue weighted by Gasteiger charge is 2.39. The molecule has 2 aliphatic rings. The fourth-order valence-electron chi connectivity index (χ4n) is 3.39. The van der Waals surface area contributed by atoms with Crippen molar-refractivity contribution in [1.82, 2.24) is 4.90 Å². The normalized spacial score (nSPS) is 19.7. The molecule has 2 heterocycles. The molecule has 1 fully saturated rings. The summed E-state index contributed by atoms with van der Waals surface area (Å²) in [5, 5.41) is 1.70. The zero-order valence-electron chi connectivity index (χ0n) is 17.6. The number of carbonyl (C=O) groups is 1. The average molecular weight is 440 g/mol. The highest BCUT2D eigenvalue weighted by molar-refractivity contribution is 8.19. The van der Waals surface area contributed by atoms with E-state index in [4.69, 9.17) is 9.73 Å². The van der Waals surface area contributed by atoms with Crippen LogP contribution in [0.5, 0.6) is 5.75 Å². The Morgan fingerprint density at radius 3 is 2.70 bits per heavy atom. The topological polar surface area (TPSA) is 45.1 Å². The molecule has 4 rings (SSSR count). The number of aryl methyl sites for hydroxylation is 1. The summed E-state index contributed by atoms with van der Waals surface area (Å²) in [6.45, 7) is 4.86. The Balaban J connectivity index is 1.71. The number of carbonyl (C=O) groups excluding carboxylic acids is 1. The fourth-order valence-corrected chi connectivity index (χ4v) is 5.74. The number of unbranched alkanes of at least 4 members (excludes halogenated alkanes) is 1. The number of thioether (sulfide) groups is 2. The lowest BCUT2D eigenvalue weighted by Gasteiger charge is -2.16. The predicted molar refractivity (Wildman–Crippen MR) is 127 cm³/mol. The number of nitrogens with zero attached hydrogens (tertiary/aromatic N) is 3. The van der Waals surface area contributed by atoms with E-state index >= 15 is 0 Å². The van der Waals surface area contributed by atoms with Gasteiger partial charge in [-0.3, -0.25) is 9.69 Å². The molecule has 0 unspecified atom stereocenters. The summed E-state index contributed by atoms with van der Waals surface area (Å²) >= 11 is 3.10. The molecule has 0 N–H and O–H groups in total. The summed E-state index contributed by atoms with van der Waals surface area (Å²) < 4.78 is 5.37. The molecule has 7 heteroatoms. The van der Waals surface area contributed by atoms with Crippen LogP contribution in [0, 0.1) is 6.92 Å². The van der Waals surface area contributed by atoms with Crippen LogP contribution in [-0.4, -0.2) is 36.7 Å². The van der Waals surface area contributed by atoms with Crippen molar-refractivity contribution in [3.63, 3.8) is 0 Å². The van der Waals surface area contributed by atoms with Gasteiger partial charge in [0.1, 0.15) is 10.7 Å². The van der Waals surface area contributed by atoms with E-state index in [9.17, 15) is 4.79 Å². The van der Waals surface area contributed by atoms with Gasteiger partial charge in [-0.25, -0.2) is 4.99 Å². The maximum Gasteiger partial charge on any atom is 0.269 e. The average Bonchev–Trinajstić information content (AvgIpc) is 3.22. The van der Waals surface area contributed by atoms with Gasteiger partial charge in [0.05, 0.1) is 23.5 Å². The van der Waals surface area contributed by atoms with Crippen molar-refractivity contribution in [2.24, 2.45) is 4.99 Å². The standard InChI is InChI=1S/C23H25N3O2S2/c1-5-6-12-26-21(27)20(30-23(26)24-16-9-7-8-15(2)13-16)22-25(3)18-14-17(28-4)10-11-19(18)29-22/h7-11,13-14H,5-6,12H2,1-4H3/b22-20-,24-23?. The predicted octanol–water partition coefficient (Wildman–Crippen LogP) is 5.78. The Kier molecular flexibility index (Phi) is 6.11. The Bertz CT molecular complexity index is 1050. The van der Waals surface area contributed by atoms with Crippen molar-refractivity contribution in [2.45, 2.75) is 31.6 Å². The number of amides is 1. The molecule has 156 valence electrons. The minimum Gasteiger partial charge on any atom is -0.497 e. The Hall–Kier alpha value is -2.38. The van der Waals surface area contributed by atoms with Crippen LogP contribution in [0.25, 0.3) is 0 Å². The molecule has 30 heavy (non-hydrogen) atoms. The second kappa shape index (κ2) is 8.78. The van der Waals surface area contributed by atoms with Crippen LogP contribution < -0.4 is 9.64 Å². The fraction of sp³-hybridized carbons (Fsp3) is 0.304. The first-order chi connectivity index (χ1) is 14.5. The minimum absolute atomic E-state index is 0.0361. The van der Waals surface area contributed by atoms with Crippen LogP contribution in [0.2, 0.25) is 0 Å². The van der Waals surface area contributed by atoms with Gasteiger partial charge >= 0.3 is 0 Å². The highest BCUT2D eigenvalue weighted by atomic mass is 32.2. The highest BCUT2D eigenvalue weighted by Crippen LogP contribution is 2.51. The van der Waals surface area contributed by atoms with Crippen molar-refractivity contribution >= 4 is 46.0 Å². The number of ether oxygens (including phenoxy) is 1. The minimum atomic E-state index is 0.0361. The zero-order chi connectivity index (χ0) is 21.3. The number of anilines is 1. The monoisotopic (exact) mass is 439 g/mol. The maximum absolute atomic E-state index is 13.4. The molecule has 0 radical (unpaired) electrons. The number of aliphatic imine (C=N–C) groups is 1. The first-order valence-electron chi connectivity index (χ1n) is 10.0. The number of fused-ring (bicyclic) bond motifs is 1. The van der Waals surface area contributed by atoms with Gasteiger partial charge in [0.15, 0.2) is 5.17 Å². The third kappa shape index (κ3) is 3.96. The van der Waals surface area contributed by atoms with Gasteiger partial charge in [0.2, 0.25) is 0 Å². The Morgan fingerprint density at radius 1 is 1.13 bits per heavy atom. The van der Waals surface area contributed by atoms with Gasteiger partial charge in [-0.15, -0.1) is 0 Å². The van der Waals surface area contributed by atoms with Gasteiger partial charge in [0, 0.05) is 24.6 Å². The number of amidine groups is 1. The van der Waals surface area contributed by atoms with Crippen molar-refractivity contribution in [3.8, 4) is 5.75 Å². The van der Waals surface area contributed by atoms with Crippen LogP contribution in [-0.2, 0) is 4.79 Å². The maximum atomic E-state index is 13.4. The molecule has 0 aromatic heterocycles. The second-order valence-corrected chi connectivity index (χ2v) is 9.28. The van der Waals surface area contributed by atoms with E-state index in [1.807, 2.05) is 48.3 Å². The molecule has 5 nitrogen and oxygen atoms in total. The van der Waals surface area contributed by atoms with Crippen LogP contribution in [0.1, 0.15) is 25.3 Å². The van der Waals surface area contributed by atoms with E-state index in [0.29, 0.717) is 6.54 Å². The largest absolute Gasteiger partial charge is 0.497 e. The van der Waals surface area contributed by atoms with Gasteiger partial charge < -0.3 is 9.64 Å². The lowest BCUT2D eigenvalue weighted by molar-refractivity contribution is -0.122. The molecule has 1 saturated heterocycles. The molecular weight excluding hydrogens is 414 g/mol. The SMILES string of the molecule is CCCCN1C(=O)/C(=C2/Sc3ccc(OC)cc3N2C)SC1=Nc1cccc(C)c1. The van der Waals surface area contributed by atoms with E-state index in [1.165, 1.54) is 11.8 Å². The van der Waals surface area contributed by atoms with Crippen molar-refractivity contribution in [2.75, 3.05) is 25.6 Å². The number of hydrogen-bond donors (Lipinski definition) is 0. The van der Waals surface area contributed by atoms with Crippen LogP contribution in [0.4, 0.5) is 11.4 Å². The summed E-state index contributed by atoms with van der Waals surface area (Å²) in [5.41, 5.74) is 3.08. The molecule has 2 aromatic carbocycles. The Morgan fingerprint density at radius 2 is 1.97 bits per heavy atom. The summed E-state index contributed by atoms with van der Waals surface area (Å²) in [4.78, 5) is 24.0. The number of benzene rings is 2. The molecule has 0 spiro atoms. The molecule has 0 saturated carbocycles. The van der Waals surface area contributed by atoms with Crippen LogP contribution in [0.3, 0.4) is 0 Å². The van der Waals surface area contributed by atoms with E-state index in [1.54, 1.807) is 18.9 Å². The van der Waals surface area contributed by atoms with E-state index in [-0.39, 0.29) is 5.91 Å². The van der Waals surface area contributed by atoms with Gasteiger partial charge in [-0.2, -0.15) is 0 Å². The van der Waals surface area contributed by atoms with E-state index < -0.39 is 0 Å². The molecule has 0 aliphatic carbocycles. The number of methoxy groups -OCH3 is 1. The summed E-state index contributed by atoms with van der Waals surface area (Å²) in [6.07, 6.45) is 1.97. The second-order valence-electron chi connectivity index (χ2n) is 7.27. The molecule has 0 bridgehead atoms. The third-order valence-corrected chi connectivity index (χ3v) is 7.49. The molecule has 0 atom stereocenters. The van der Waals surface area contributed by atoms with Gasteiger partial charge in [-0.05, 0) is 54.9 Å². The number of hydrogen-bond acceptors (Lipinski definition) is 6. The van der Waals surface area contributed by atoms with Crippen molar-refractivity contribution in [3.05, 3.63) is 58.0 Å². The van der Waals surface area contributed by atoms with E-state index in [2.05, 4.69) is 24.8 Å². The number of rotatable bonds is 5. The van der Waals surface area contributed by atoms with Crippen molar-refractivity contribution in [1.29, 1.82) is 0 Å². The summed E-state index contributed by atoms with van der Waals surface area (Å²) in [6, 6.07) is 14.1. The quantitative estimate of drug-likeness (QED) is 0.553. The Labute approximate surface area is 186 Å². The van der Waals surface area contributed by atoms with Gasteiger partial charge in [0.25, 0.3) is 5.91 Å². The van der Waals surface area contributed by atoms with Gasteiger partial charge in [-0.1, -0.05) is 37.2 Å². The summed E-state index contributed by atoms with van der Waals surface area (Å²) in [7, 11) is 3.67. The van der Waals surface area contributed by atoms with Crippen molar-refractivity contribution < 1.29 is 9.53 Å². The lowest BCUT2D eigenvalue weighted by Crippen LogP contribution is -2.30. The zero-order valence-corrected chi connectivity index (χ0v) is 19.3. The molecule has 2 aromatic rings. The van der Waals surface area contributed by atoms with Crippen LogP contribution in [0.15, 0.2) is 62.3 Å². The lowest BCUT2D eigenvalue weighted by atomic mass is 10.2. The first-order valence-corrected chi connectivity index (χ1v) is 11.6. The molecular formula is C23H25N3O2S2. The van der Waals surface area contributed by atoms with Crippen LogP contribution >= 0.6 is 23.5 Å². The van der Waals surface area contributed by atoms with E-state index in [0.717, 1.165) is 55.5 Å². The third-order valence-electron chi connectivity index (χ3n) is 5.06. The molecule has 2 aliphatic heterocycles. The molecule has 1 amide bonds. The summed E-state index contributed by atoms with van der Waals surface area (Å²) in [5.74, 6) is 0.845. The smallest absolute Gasteiger partial charge is 0.269 e.